The molecule has 32 heavy (non-hydrogen) atoms. The number of benzene rings is 4. The standard InChI is InChI=1S/C29H23NO2/c1-22-13-11-12-20-26(22)30(29(32)25-18-9-4-10-19-25)27(23-14-5-2-6-15-23)21-28(31)24-16-7-3-8-17-24/h2-21H,1H3/b27-21-. The third-order valence-corrected chi connectivity index (χ3v) is 5.22. The maximum absolute atomic E-state index is 13.8. The second-order valence-electron chi connectivity index (χ2n) is 7.42. The zero-order valence-corrected chi connectivity index (χ0v) is 17.8. The third-order valence-electron chi connectivity index (χ3n) is 5.22. The van der Waals surface area contributed by atoms with Gasteiger partial charge in [-0.05, 0) is 36.2 Å². The van der Waals surface area contributed by atoms with E-state index in [1.165, 1.54) is 0 Å². The van der Waals surface area contributed by atoms with E-state index in [1.54, 1.807) is 35.2 Å². The van der Waals surface area contributed by atoms with Gasteiger partial charge in [0.15, 0.2) is 5.78 Å². The lowest BCUT2D eigenvalue weighted by molar-refractivity contribution is 0.1000. The van der Waals surface area contributed by atoms with Crippen LogP contribution < -0.4 is 4.90 Å². The molecule has 0 heterocycles. The Bertz CT molecular complexity index is 1250. The van der Waals surface area contributed by atoms with E-state index >= 15 is 0 Å². The minimum atomic E-state index is -0.198. The quantitative estimate of drug-likeness (QED) is 0.263. The molecule has 0 saturated heterocycles. The topological polar surface area (TPSA) is 37.4 Å². The average Bonchev–Trinajstić information content (AvgIpc) is 2.86. The van der Waals surface area contributed by atoms with Crippen LogP contribution in [0.1, 0.15) is 31.8 Å². The Kier molecular flexibility index (Phi) is 6.38. The molecule has 0 aliphatic carbocycles. The van der Waals surface area contributed by atoms with Crippen molar-refractivity contribution in [3.8, 4) is 0 Å². The molecule has 0 aromatic heterocycles. The number of anilines is 1. The molecule has 3 heteroatoms. The Balaban J connectivity index is 1.93. The summed E-state index contributed by atoms with van der Waals surface area (Å²) >= 11 is 0. The molecular weight excluding hydrogens is 394 g/mol. The van der Waals surface area contributed by atoms with Crippen LogP contribution in [0, 0.1) is 6.92 Å². The van der Waals surface area contributed by atoms with E-state index in [2.05, 4.69) is 0 Å². The fourth-order valence-electron chi connectivity index (χ4n) is 3.57. The predicted molar refractivity (Wildman–Crippen MR) is 130 cm³/mol. The van der Waals surface area contributed by atoms with E-state index in [0.29, 0.717) is 16.8 Å². The zero-order chi connectivity index (χ0) is 22.3. The van der Waals surface area contributed by atoms with Crippen molar-refractivity contribution in [2.24, 2.45) is 0 Å². The smallest absolute Gasteiger partial charge is 0.262 e. The summed E-state index contributed by atoms with van der Waals surface area (Å²) in [5.41, 5.74) is 4.09. The van der Waals surface area contributed by atoms with Gasteiger partial charge in [0.25, 0.3) is 5.91 Å². The van der Waals surface area contributed by atoms with Gasteiger partial charge in [-0.25, -0.2) is 0 Å². The predicted octanol–water partition coefficient (Wildman–Crippen LogP) is 6.57. The van der Waals surface area contributed by atoms with Crippen molar-refractivity contribution in [1.82, 2.24) is 0 Å². The highest BCUT2D eigenvalue weighted by Gasteiger charge is 2.25. The lowest BCUT2D eigenvalue weighted by Crippen LogP contribution is -2.30. The fourth-order valence-corrected chi connectivity index (χ4v) is 3.57. The van der Waals surface area contributed by atoms with Crippen molar-refractivity contribution >= 4 is 23.1 Å². The zero-order valence-electron chi connectivity index (χ0n) is 17.8. The molecule has 0 aliphatic heterocycles. The molecule has 4 rings (SSSR count). The van der Waals surface area contributed by atoms with Gasteiger partial charge in [-0.3, -0.25) is 14.5 Å². The van der Waals surface area contributed by atoms with Crippen LogP contribution in [0.25, 0.3) is 5.70 Å². The number of para-hydroxylation sites is 1. The summed E-state index contributed by atoms with van der Waals surface area (Å²) in [7, 11) is 0. The van der Waals surface area contributed by atoms with E-state index < -0.39 is 0 Å². The number of nitrogens with zero attached hydrogens (tertiary/aromatic N) is 1. The van der Waals surface area contributed by atoms with Crippen LogP contribution in [0.3, 0.4) is 0 Å². The van der Waals surface area contributed by atoms with Crippen LogP contribution in [-0.2, 0) is 0 Å². The number of ketones is 1. The number of hydrogen-bond acceptors (Lipinski definition) is 2. The van der Waals surface area contributed by atoms with Crippen LogP contribution in [0.4, 0.5) is 5.69 Å². The lowest BCUT2D eigenvalue weighted by Gasteiger charge is -2.27. The van der Waals surface area contributed by atoms with Gasteiger partial charge in [0, 0.05) is 17.2 Å². The summed E-state index contributed by atoms with van der Waals surface area (Å²) in [6, 6.07) is 35.4. The van der Waals surface area contributed by atoms with Crippen molar-refractivity contribution in [1.29, 1.82) is 0 Å². The van der Waals surface area contributed by atoms with E-state index in [0.717, 1.165) is 16.8 Å². The summed E-state index contributed by atoms with van der Waals surface area (Å²) in [6.45, 7) is 1.96. The number of allylic oxidation sites excluding steroid dienone is 1. The number of hydrogen-bond donors (Lipinski definition) is 0. The Morgan fingerprint density at radius 2 is 1.06 bits per heavy atom. The summed E-state index contributed by atoms with van der Waals surface area (Å²) in [5.74, 6) is -0.361. The van der Waals surface area contributed by atoms with Crippen LogP contribution in [0.15, 0.2) is 121 Å². The first-order chi connectivity index (χ1) is 15.6. The monoisotopic (exact) mass is 417 g/mol. The van der Waals surface area contributed by atoms with Crippen molar-refractivity contribution < 1.29 is 9.59 Å². The Morgan fingerprint density at radius 3 is 1.62 bits per heavy atom. The van der Waals surface area contributed by atoms with Crippen LogP contribution in [0.2, 0.25) is 0 Å². The van der Waals surface area contributed by atoms with Crippen molar-refractivity contribution in [2.45, 2.75) is 6.92 Å². The van der Waals surface area contributed by atoms with Gasteiger partial charge < -0.3 is 0 Å². The molecule has 4 aromatic carbocycles. The van der Waals surface area contributed by atoms with Gasteiger partial charge in [0.1, 0.15) is 0 Å². The summed E-state index contributed by atoms with van der Waals surface area (Å²) < 4.78 is 0. The summed E-state index contributed by atoms with van der Waals surface area (Å²) in [6.07, 6.45) is 1.55. The van der Waals surface area contributed by atoms with Gasteiger partial charge in [-0.15, -0.1) is 0 Å². The Labute approximate surface area is 188 Å². The first-order valence-corrected chi connectivity index (χ1v) is 10.5. The number of amides is 1. The van der Waals surface area contributed by atoms with Crippen molar-refractivity contribution in [3.63, 3.8) is 0 Å². The third kappa shape index (κ3) is 4.57. The number of carbonyl (C=O) groups is 2. The van der Waals surface area contributed by atoms with Crippen molar-refractivity contribution in [2.75, 3.05) is 4.90 Å². The van der Waals surface area contributed by atoms with E-state index in [9.17, 15) is 9.59 Å². The van der Waals surface area contributed by atoms with Crippen LogP contribution >= 0.6 is 0 Å². The van der Waals surface area contributed by atoms with Crippen LogP contribution in [0.5, 0.6) is 0 Å². The SMILES string of the molecule is Cc1ccccc1N(C(=O)c1ccccc1)/C(=C\C(=O)c1ccccc1)c1ccccc1. The maximum atomic E-state index is 13.8. The van der Waals surface area contributed by atoms with Gasteiger partial charge >= 0.3 is 0 Å². The molecule has 156 valence electrons. The minimum absolute atomic E-state index is 0.163. The first kappa shape index (κ1) is 21.0. The van der Waals surface area contributed by atoms with E-state index in [4.69, 9.17) is 0 Å². The maximum Gasteiger partial charge on any atom is 0.262 e. The average molecular weight is 418 g/mol. The molecule has 3 nitrogen and oxygen atoms in total. The fraction of sp³-hybridized carbons (Fsp3) is 0.0345. The molecular formula is C29H23NO2. The van der Waals surface area contributed by atoms with E-state index in [-0.39, 0.29) is 11.7 Å². The van der Waals surface area contributed by atoms with Crippen LogP contribution in [-0.4, -0.2) is 11.7 Å². The highest BCUT2D eigenvalue weighted by atomic mass is 16.2. The summed E-state index contributed by atoms with van der Waals surface area (Å²) in [5, 5.41) is 0. The number of carbonyl (C=O) groups excluding carboxylic acids is 2. The highest BCUT2D eigenvalue weighted by molar-refractivity contribution is 6.19. The van der Waals surface area contributed by atoms with Gasteiger partial charge in [-0.2, -0.15) is 0 Å². The lowest BCUT2D eigenvalue weighted by atomic mass is 10.0. The molecule has 0 N–H and O–H groups in total. The summed E-state index contributed by atoms with van der Waals surface area (Å²) in [4.78, 5) is 28.6. The number of rotatable bonds is 6. The number of aryl methyl sites for hydroxylation is 1. The minimum Gasteiger partial charge on any atom is -0.289 e. The molecule has 0 unspecified atom stereocenters. The van der Waals surface area contributed by atoms with Gasteiger partial charge in [0.2, 0.25) is 0 Å². The second kappa shape index (κ2) is 9.71. The van der Waals surface area contributed by atoms with E-state index in [1.807, 2.05) is 97.9 Å². The van der Waals surface area contributed by atoms with Gasteiger partial charge in [0.05, 0.1) is 11.4 Å². The Morgan fingerprint density at radius 1 is 0.594 bits per heavy atom. The normalized spacial score (nSPS) is 11.1. The molecule has 4 aromatic rings. The molecule has 0 bridgehead atoms. The largest absolute Gasteiger partial charge is 0.289 e. The first-order valence-electron chi connectivity index (χ1n) is 10.5. The Hall–Kier alpha value is -4.24. The molecule has 0 fully saturated rings. The molecule has 0 atom stereocenters. The molecule has 1 amide bonds. The highest BCUT2D eigenvalue weighted by Crippen LogP contribution is 2.31. The molecule has 0 spiro atoms. The van der Waals surface area contributed by atoms with Gasteiger partial charge in [-0.1, -0.05) is 97.1 Å². The van der Waals surface area contributed by atoms with Crippen molar-refractivity contribution in [3.05, 3.63) is 144 Å². The molecule has 0 aliphatic rings. The molecule has 0 radical (unpaired) electrons. The molecule has 0 saturated carbocycles. The second-order valence-corrected chi connectivity index (χ2v) is 7.42.